The Morgan fingerprint density at radius 1 is 0.518 bits per heavy atom. The molecule has 0 spiro atoms. The molecule has 114 heavy (non-hydrogen) atoms. The Bertz CT molecular complexity index is 4280. The monoisotopic (exact) mass is 1670 g/mol. The van der Waals surface area contributed by atoms with Gasteiger partial charge in [0.2, 0.25) is 0 Å². The minimum Gasteiger partial charge on any atom is -0.463 e. The van der Waals surface area contributed by atoms with E-state index < -0.39 is 210 Å². The van der Waals surface area contributed by atoms with Gasteiger partial charge in [0.1, 0.15) is 103 Å². The quantitative estimate of drug-likeness (QED) is 0.0148. The van der Waals surface area contributed by atoms with Crippen LogP contribution in [0.25, 0.3) is 0 Å². The fourth-order valence-electron chi connectivity index (χ4n) is 12.4. The number of hydrogen-bond acceptors (Lipinski definition) is 30. The molecule has 1 aromatic heterocycles. The largest absolute Gasteiger partial charge is 0.463 e. The average molecular weight is 1670 g/mol. The van der Waals surface area contributed by atoms with Crippen LogP contribution in [0, 0.1) is 17.8 Å². The van der Waals surface area contributed by atoms with Crippen LogP contribution in [0.2, 0.25) is 0 Å². The summed E-state index contributed by atoms with van der Waals surface area (Å²) in [6, 6.07) is 24.7. The molecule has 35 nitrogen and oxygen atoms in total. The molecular weight excluding hydrogens is 1570 g/mol. The Hall–Kier alpha value is -8.13. The summed E-state index contributed by atoms with van der Waals surface area (Å²) in [5.41, 5.74) is 10.8. The van der Waals surface area contributed by atoms with E-state index in [-0.39, 0.29) is 47.7 Å². The number of aromatic amines is 1. The van der Waals surface area contributed by atoms with Gasteiger partial charge in [0.25, 0.3) is 11.5 Å². The van der Waals surface area contributed by atoms with Gasteiger partial charge in [-0.3, -0.25) is 52.0 Å². The average Bonchev–Trinajstić information content (AvgIpc) is 1.61. The summed E-state index contributed by atoms with van der Waals surface area (Å²) in [7, 11) is -12.3. The maximum Gasteiger partial charge on any atom is 0.380 e. The summed E-state index contributed by atoms with van der Waals surface area (Å²) in [6.45, 7) is 18.9. The van der Waals surface area contributed by atoms with Crippen LogP contribution in [0.4, 0.5) is 18.0 Å². The van der Waals surface area contributed by atoms with Gasteiger partial charge in [-0.25, -0.2) is 36.5 Å². The Morgan fingerprint density at radius 2 is 0.851 bits per heavy atom. The van der Waals surface area contributed by atoms with Gasteiger partial charge in [-0.15, -0.1) is 0 Å². The number of esters is 3. The van der Waals surface area contributed by atoms with Crippen LogP contribution >= 0.6 is 22.8 Å². The first-order valence-corrected chi connectivity index (χ1v) is 41.5. The zero-order valence-electron chi connectivity index (χ0n) is 64.9. The lowest BCUT2D eigenvalue weighted by Crippen LogP contribution is -2.65. The highest BCUT2D eigenvalue weighted by Gasteiger charge is 2.62. The van der Waals surface area contributed by atoms with Crippen molar-refractivity contribution < 1.29 is 127 Å². The highest BCUT2D eigenvalue weighted by molar-refractivity contribution is 7.55. The van der Waals surface area contributed by atoms with E-state index in [0.717, 1.165) is 27.9 Å². The number of urea groups is 1. The van der Waals surface area contributed by atoms with Gasteiger partial charge in [-0.1, -0.05) is 81.9 Å². The van der Waals surface area contributed by atoms with Gasteiger partial charge in [-0.05, 0) is 105 Å². The number of nitrogens with one attached hydrogen (secondary N) is 3. The Labute approximate surface area is 656 Å². The Morgan fingerprint density at radius 3 is 1.17 bits per heavy atom. The number of carbonyl (C=O) groups is 5. The number of amides is 3. The molecule has 0 bridgehead atoms. The van der Waals surface area contributed by atoms with Crippen molar-refractivity contribution in [1.82, 2.24) is 30.0 Å². The molecule has 0 aliphatic carbocycles. The zero-order valence-corrected chi connectivity index (χ0v) is 67.5. The maximum atomic E-state index is 14.3. The molecule has 5 unspecified atom stereocenters. The molecule has 9 rings (SSSR count). The maximum absolute atomic E-state index is 14.3. The van der Waals surface area contributed by atoms with E-state index in [4.69, 9.17) is 72.8 Å². The summed E-state index contributed by atoms with van der Waals surface area (Å²) in [5, 5.41) is 47.2. The SMILES string of the molecule is C=C1NC(=O)C=CN1[C@@H]1O[C@H]([C@@H](C)O[P@](=O)(C[C@@H](C)C(=O)OC(C)C)Oc2ccccc2)[C@H](O)C1(N)CF.CC(C)OC(=O)[C@H](C)CP(=O)(Oc1ccccc1)O[C@H](C)[C@H]1O[C@@H](n2ccc(=O)[nH]c2=O)C(N)(CF)[C@H]1O.CC(C)OC(=O)[C@H](C)C[P@@](=O)(Oc1ccccc1)O[C@H](C)[C@H]1O[C@@H](N2C=CC(O)NC2=O)C(N)(CF)[C@H]1O. The number of benzene rings is 3. The summed E-state index contributed by atoms with van der Waals surface area (Å²) in [5.74, 6) is -4.13. The van der Waals surface area contributed by atoms with Gasteiger partial charge in [-0.2, -0.15) is 0 Å². The number of rotatable bonds is 33. The fraction of sp³-hybridized carbons (Fsp3) is 0.548. The minimum atomic E-state index is -4.13. The molecule has 4 aromatic rings. The van der Waals surface area contributed by atoms with Crippen molar-refractivity contribution in [3.63, 3.8) is 0 Å². The normalized spacial score (nSPS) is 28.5. The molecule has 5 aliphatic heterocycles. The summed E-state index contributed by atoms with van der Waals surface area (Å²) < 4.78 is 153. The predicted molar refractivity (Wildman–Crippen MR) is 404 cm³/mol. The van der Waals surface area contributed by atoms with Gasteiger partial charge < -0.3 is 95.2 Å². The smallest absolute Gasteiger partial charge is 0.380 e. The van der Waals surface area contributed by atoms with E-state index in [9.17, 15) is 80.9 Å². The van der Waals surface area contributed by atoms with Crippen molar-refractivity contribution in [3.8, 4) is 17.2 Å². The minimum absolute atomic E-state index is 0.0720. The summed E-state index contributed by atoms with van der Waals surface area (Å²) in [6.07, 6.45) is -14.4. The van der Waals surface area contributed by atoms with Crippen molar-refractivity contribution in [2.24, 2.45) is 35.0 Å². The highest BCUT2D eigenvalue weighted by atomic mass is 31.2. The van der Waals surface area contributed by atoms with E-state index in [1.54, 1.807) is 133 Å². The molecule has 3 aromatic carbocycles. The molecule has 6 heterocycles. The number of H-pyrrole nitrogens is 1. The van der Waals surface area contributed by atoms with Crippen molar-refractivity contribution >= 4 is 52.6 Å². The van der Waals surface area contributed by atoms with Gasteiger partial charge >= 0.3 is 52.4 Å². The van der Waals surface area contributed by atoms with E-state index in [1.165, 1.54) is 64.8 Å². The van der Waals surface area contributed by atoms with E-state index in [0.29, 0.717) is 0 Å². The first kappa shape index (κ1) is 93.0. The van der Waals surface area contributed by atoms with Gasteiger partial charge in [0.05, 0.1) is 72.9 Å². The first-order chi connectivity index (χ1) is 53.4. The van der Waals surface area contributed by atoms with Crippen molar-refractivity contribution in [1.29, 1.82) is 0 Å². The molecular formula is C73H103F3N9O26P3. The molecule has 41 heteroatoms. The van der Waals surface area contributed by atoms with Crippen LogP contribution in [0.15, 0.2) is 150 Å². The number of aliphatic hydroxyl groups excluding tert-OH is 4. The van der Waals surface area contributed by atoms with Crippen LogP contribution in [0.3, 0.4) is 0 Å². The van der Waals surface area contributed by atoms with Gasteiger partial charge in [0.15, 0.2) is 18.7 Å². The lowest BCUT2D eigenvalue weighted by Gasteiger charge is -2.38. The molecule has 22 atom stereocenters. The first-order valence-electron chi connectivity index (χ1n) is 36.3. The molecule has 13 N–H and O–H groups in total. The molecule has 0 radical (unpaired) electrons. The highest BCUT2D eigenvalue weighted by Crippen LogP contribution is 2.56. The fourth-order valence-corrected chi connectivity index (χ4v) is 18.6. The Kier molecular flexibility index (Phi) is 32.4. The number of nitrogens with zero attached hydrogens (tertiary/aromatic N) is 3. The van der Waals surface area contributed by atoms with Crippen molar-refractivity contribution in [2.45, 2.75) is 198 Å². The molecule has 5 aliphatic rings. The second kappa shape index (κ2) is 39.7. The molecule has 3 saturated heterocycles. The number of aliphatic hydroxyl groups is 4. The standard InChI is InChI=1S/C25H35FN3O8P.C24H35FN3O9P.C24H33FN3O9P/c1-15(2)34-23(32)16(3)13-38(33,37-19-9-7-6-8-10-19)36-17(4)21-22(31)25(27,14-26)24(35-21)29-12-11-20(30)28-18(29)5;2*1-14(2)34-21(31)15(3)12-38(33,37-17-8-6-5-7-9-17)36-16(4)19-20(30)24(26,13-25)22(35-19)28-11-10-18(29)27-23(28)32/h6-12,15-17,21-22,24,31H,5,13-14,27H2,1-4H3,(H,28,30);5-11,14-16,18-20,22,29-30H,12-13,26H2,1-4H3,(H,27,32);5-11,14-16,19-20,22,30H,12-13,26H2,1-4H3,(H,27,29,32)/t16-,17-,21-,22+,24-,25?,38-;15-,16-,18?,19-,20+,22-,24?,38+;15-,16-,19-,20+,22-,24?,38?/m111/s1. The van der Waals surface area contributed by atoms with E-state index in [1.807, 2.05) is 4.98 Å². The number of hydrogen-bond donors (Lipinski definition) is 10. The van der Waals surface area contributed by atoms with Crippen molar-refractivity contribution in [2.75, 3.05) is 38.5 Å². The number of nitrogens with two attached hydrogens (primary N) is 3. The summed E-state index contributed by atoms with van der Waals surface area (Å²) in [4.78, 5) is 89.3. The number of halogens is 3. The lowest BCUT2D eigenvalue weighted by atomic mass is 9.90. The third-order valence-corrected chi connectivity index (χ3v) is 24.5. The van der Waals surface area contributed by atoms with E-state index in [2.05, 4.69) is 17.2 Å². The second-order valence-electron chi connectivity index (χ2n) is 28.9. The number of para-hydroxylation sites is 3. The van der Waals surface area contributed by atoms with Crippen LogP contribution in [-0.2, 0) is 74.9 Å². The number of alkyl halides is 3. The summed E-state index contributed by atoms with van der Waals surface area (Å²) >= 11 is 0. The van der Waals surface area contributed by atoms with E-state index >= 15 is 0 Å². The van der Waals surface area contributed by atoms with Crippen molar-refractivity contribution in [3.05, 3.63) is 161 Å². The van der Waals surface area contributed by atoms with Crippen LogP contribution in [0.1, 0.15) is 89.3 Å². The van der Waals surface area contributed by atoms with Crippen LogP contribution < -0.4 is 52.7 Å². The number of carbonyl (C=O) groups excluding carboxylic acids is 5. The third-order valence-electron chi connectivity index (χ3n) is 18.1. The van der Waals surface area contributed by atoms with Crippen LogP contribution in [-0.4, -0.2) is 217 Å². The topological polar surface area (TPSA) is 492 Å². The Balaban J connectivity index is 0.000000237. The molecule has 3 fully saturated rings. The zero-order chi connectivity index (χ0) is 84.8. The second-order valence-corrected chi connectivity index (χ2v) is 34.9. The lowest BCUT2D eigenvalue weighted by molar-refractivity contribution is -0.152. The van der Waals surface area contributed by atoms with Crippen LogP contribution in [0.5, 0.6) is 17.2 Å². The number of ether oxygens (including phenoxy) is 6. The third kappa shape index (κ3) is 23.4. The molecule has 0 saturated carbocycles. The number of aromatic nitrogens is 2. The predicted octanol–water partition coefficient (Wildman–Crippen LogP) is 6.01. The molecule has 632 valence electrons. The molecule has 3 amide bonds. The van der Waals surface area contributed by atoms with Gasteiger partial charge in [0, 0.05) is 30.7 Å².